The average molecular weight is 234 g/mol. The predicted molar refractivity (Wildman–Crippen MR) is 65.6 cm³/mol. The van der Waals surface area contributed by atoms with Crippen LogP contribution in [-0.2, 0) is 0 Å². The summed E-state index contributed by atoms with van der Waals surface area (Å²) in [5.74, 6) is 1.23. The van der Waals surface area contributed by atoms with Crippen molar-refractivity contribution in [3.63, 3.8) is 0 Å². The van der Waals surface area contributed by atoms with E-state index in [1.54, 1.807) is 30.2 Å². The van der Waals surface area contributed by atoms with Crippen LogP contribution in [0, 0.1) is 6.92 Å². The molecule has 0 bridgehead atoms. The average Bonchev–Trinajstić information content (AvgIpc) is 2.79. The normalized spacial score (nSPS) is 12.6. The lowest BCUT2D eigenvalue weighted by molar-refractivity contribution is 0.174. The van der Waals surface area contributed by atoms with E-state index in [1.165, 1.54) is 10.5 Å². The lowest BCUT2D eigenvalue weighted by Crippen LogP contribution is -1.98. The standard InChI is InChI=1S/C13H14O2S/c1-10-4-2-5-11(8-10)16-9-12(14)13-6-3-7-15-13/h2-8,12,14H,9H2,1H3. The number of benzene rings is 1. The third-order valence-electron chi connectivity index (χ3n) is 2.27. The largest absolute Gasteiger partial charge is 0.467 e. The fraction of sp³-hybridized carbons (Fsp3) is 0.231. The molecule has 3 heteroatoms. The highest BCUT2D eigenvalue weighted by Gasteiger charge is 2.10. The summed E-state index contributed by atoms with van der Waals surface area (Å²) in [6, 6.07) is 11.8. The van der Waals surface area contributed by atoms with Crippen molar-refractivity contribution >= 4 is 11.8 Å². The highest BCUT2D eigenvalue weighted by molar-refractivity contribution is 7.99. The summed E-state index contributed by atoms with van der Waals surface area (Å²) >= 11 is 1.63. The van der Waals surface area contributed by atoms with Crippen molar-refractivity contribution in [1.82, 2.24) is 0 Å². The summed E-state index contributed by atoms with van der Waals surface area (Å²) in [6.45, 7) is 2.06. The number of hydrogen-bond donors (Lipinski definition) is 1. The van der Waals surface area contributed by atoms with E-state index in [1.807, 2.05) is 12.1 Å². The predicted octanol–water partition coefficient (Wildman–Crippen LogP) is 3.41. The minimum atomic E-state index is -0.541. The smallest absolute Gasteiger partial charge is 0.133 e. The van der Waals surface area contributed by atoms with Crippen LogP contribution in [-0.4, -0.2) is 10.9 Å². The molecule has 1 aromatic carbocycles. The van der Waals surface area contributed by atoms with Crippen molar-refractivity contribution in [3.8, 4) is 0 Å². The SMILES string of the molecule is Cc1cccc(SCC(O)c2ccco2)c1. The van der Waals surface area contributed by atoms with Gasteiger partial charge in [-0.3, -0.25) is 0 Å². The second-order valence-corrected chi connectivity index (χ2v) is 4.75. The van der Waals surface area contributed by atoms with Gasteiger partial charge in [-0.05, 0) is 31.2 Å². The summed E-state index contributed by atoms with van der Waals surface area (Å²) in [4.78, 5) is 1.17. The zero-order valence-electron chi connectivity index (χ0n) is 9.09. The van der Waals surface area contributed by atoms with Gasteiger partial charge in [-0.2, -0.15) is 0 Å². The second kappa shape index (κ2) is 5.23. The van der Waals surface area contributed by atoms with Gasteiger partial charge >= 0.3 is 0 Å². The van der Waals surface area contributed by atoms with Crippen LogP contribution >= 0.6 is 11.8 Å². The Bertz CT molecular complexity index is 437. The summed E-state index contributed by atoms with van der Waals surface area (Å²) in [6.07, 6.45) is 1.04. The maximum absolute atomic E-state index is 9.83. The summed E-state index contributed by atoms with van der Waals surface area (Å²) in [5, 5.41) is 9.83. The van der Waals surface area contributed by atoms with Crippen LogP contribution in [0.15, 0.2) is 52.0 Å². The molecular formula is C13H14O2S. The van der Waals surface area contributed by atoms with Crippen molar-refractivity contribution in [2.45, 2.75) is 17.9 Å². The number of rotatable bonds is 4. The monoisotopic (exact) mass is 234 g/mol. The molecule has 0 aliphatic heterocycles. The van der Waals surface area contributed by atoms with E-state index in [2.05, 4.69) is 19.1 Å². The highest BCUT2D eigenvalue weighted by Crippen LogP contribution is 2.25. The first-order chi connectivity index (χ1) is 7.75. The lowest BCUT2D eigenvalue weighted by atomic mass is 10.2. The minimum Gasteiger partial charge on any atom is -0.467 e. The van der Waals surface area contributed by atoms with Crippen molar-refractivity contribution in [1.29, 1.82) is 0 Å². The summed E-state index contributed by atoms with van der Waals surface area (Å²) in [7, 11) is 0. The maximum atomic E-state index is 9.83. The number of hydrogen-bond acceptors (Lipinski definition) is 3. The van der Waals surface area contributed by atoms with Crippen molar-refractivity contribution < 1.29 is 9.52 Å². The van der Waals surface area contributed by atoms with E-state index < -0.39 is 6.10 Å². The maximum Gasteiger partial charge on any atom is 0.133 e. The molecule has 0 radical (unpaired) electrons. The first kappa shape index (κ1) is 11.3. The van der Waals surface area contributed by atoms with Crippen LogP contribution in [0.1, 0.15) is 17.4 Å². The van der Waals surface area contributed by atoms with Crippen LogP contribution in [0.3, 0.4) is 0 Å². The van der Waals surface area contributed by atoms with E-state index in [0.29, 0.717) is 11.5 Å². The van der Waals surface area contributed by atoms with Crippen LogP contribution in [0.5, 0.6) is 0 Å². The number of aliphatic hydroxyl groups excluding tert-OH is 1. The minimum absolute atomic E-state index is 0.541. The van der Waals surface area contributed by atoms with Crippen molar-refractivity contribution in [3.05, 3.63) is 54.0 Å². The summed E-state index contributed by atoms with van der Waals surface area (Å²) < 4.78 is 5.14. The molecule has 1 heterocycles. The highest BCUT2D eigenvalue weighted by atomic mass is 32.2. The molecule has 84 valence electrons. The van der Waals surface area contributed by atoms with Crippen molar-refractivity contribution in [2.75, 3.05) is 5.75 Å². The Kier molecular flexibility index (Phi) is 3.70. The molecule has 0 saturated heterocycles. The number of furan rings is 1. The second-order valence-electron chi connectivity index (χ2n) is 3.66. The third kappa shape index (κ3) is 2.90. The molecule has 0 spiro atoms. The Morgan fingerprint density at radius 3 is 2.88 bits per heavy atom. The van der Waals surface area contributed by atoms with E-state index in [4.69, 9.17) is 4.42 Å². The van der Waals surface area contributed by atoms with Gasteiger partial charge in [-0.15, -0.1) is 11.8 Å². The first-order valence-electron chi connectivity index (χ1n) is 5.16. The molecule has 0 amide bonds. The number of aryl methyl sites for hydroxylation is 1. The summed E-state index contributed by atoms with van der Waals surface area (Å²) in [5.41, 5.74) is 1.23. The zero-order valence-corrected chi connectivity index (χ0v) is 9.91. The first-order valence-corrected chi connectivity index (χ1v) is 6.15. The van der Waals surface area contributed by atoms with E-state index >= 15 is 0 Å². The third-order valence-corrected chi connectivity index (χ3v) is 3.34. The fourth-order valence-electron chi connectivity index (χ4n) is 1.44. The molecule has 0 fully saturated rings. The molecule has 16 heavy (non-hydrogen) atoms. The van der Waals surface area contributed by atoms with Gasteiger partial charge in [0.25, 0.3) is 0 Å². The molecule has 0 aliphatic carbocycles. The quantitative estimate of drug-likeness (QED) is 0.823. The van der Waals surface area contributed by atoms with Gasteiger partial charge in [0.1, 0.15) is 11.9 Å². The van der Waals surface area contributed by atoms with Gasteiger partial charge in [-0.1, -0.05) is 17.7 Å². The fourth-order valence-corrected chi connectivity index (χ4v) is 2.40. The molecule has 1 unspecified atom stereocenters. The molecule has 1 aromatic heterocycles. The Balaban J connectivity index is 1.92. The van der Waals surface area contributed by atoms with Gasteiger partial charge in [0, 0.05) is 10.6 Å². The Labute approximate surface area is 99.3 Å². The van der Waals surface area contributed by atoms with Gasteiger partial charge in [0.2, 0.25) is 0 Å². The Morgan fingerprint density at radius 2 is 2.19 bits per heavy atom. The van der Waals surface area contributed by atoms with Crippen LogP contribution in [0.25, 0.3) is 0 Å². The molecule has 2 aromatic rings. The molecule has 2 rings (SSSR count). The number of aliphatic hydroxyl groups is 1. The van der Waals surface area contributed by atoms with Crippen LogP contribution in [0.2, 0.25) is 0 Å². The topological polar surface area (TPSA) is 33.4 Å². The van der Waals surface area contributed by atoms with Crippen LogP contribution < -0.4 is 0 Å². The van der Waals surface area contributed by atoms with Gasteiger partial charge < -0.3 is 9.52 Å². The molecule has 1 N–H and O–H groups in total. The van der Waals surface area contributed by atoms with E-state index in [-0.39, 0.29) is 0 Å². The Morgan fingerprint density at radius 1 is 1.31 bits per heavy atom. The van der Waals surface area contributed by atoms with E-state index in [0.717, 1.165) is 0 Å². The molecule has 0 aliphatic rings. The van der Waals surface area contributed by atoms with E-state index in [9.17, 15) is 5.11 Å². The molecule has 2 nitrogen and oxygen atoms in total. The van der Waals surface area contributed by atoms with Crippen molar-refractivity contribution in [2.24, 2.45) is 0 Å². The molecule has 1 atom stereocenters. The zero-order chi connectivity index (χ0) is 11.4. The molecular weight excluding hydrogens is 220 g/mol. The Hall–Kier alpha value is -1.19. The van der Waals surface area contributed by atoms with Gasteiger partial charge in [-0.25, -0.2) is 0 Å². The number of thioether (sulfide) groups is 1. The van der Waals surface area contributed by atoms with Gasteiger partial charge in [0.15, 0.2) is 0 Å². The lowest BCUT2D eigenvalue weighted by Gasteiger charge is -2.07. The molecule has 0 saturated carbocycles. The van der Waals surface area contributed by atoms with Gasteiger partial charge in [0.05, 0.1) is 6.26 Å². The van der Waals surface area contributed by atoms with Crippen LogP contribution in [0.4, 0.5) is 0 Å².